The molecule has 1 rings (SSSR count). The lowest BCUT2D eigenvalue weighted by Crippen LogP contribution is -2.54. The van der Waals surface area contributed by atoms with Gasteiger partial charge in [-0.15, -0.1) is 0 Å². The highest BCUT2D eigenvalue weighted by molar-refractivity contribution is 7.85. The fourth-order valence-corrected chi connectivity index (χ4v) is 2.57. The Labute approximate surface area is 73.5 Å². The van der Waals surface area contributed by atoms with Crippen molar-refractivity contribution in [3.8, 4) is 0 Å². The Morgan fingerprint density at radius 1 is 1.58 bits per heavy atom. The summed E-state index contributed by atoms with van der Waals surface area (Å²) in [4.78, 5) is 10.3. The number of quaternary nitrogens is 1. The van der Waals surface area contributed by atoms with E-state index < -0.39 is 27.9 Å². The molecule has 2 unspecified atom stereocenters. The molecule has 2 atom stereocenters. The van der Waals surface area contributed by atoms with E-state index in [1.807, 2.05) is 0 Å². The molecule has 0 amide bonds. The lowest BCUT2D eigenvalue weighted by atomic mass is 10.3. The minimum Gasteiger partial charge on any atom is -0.586 e. The Morgan fingerprint density at radius 3 is 2.75 bits per heavy atom. The summed E-state index contributed by atoms with van der Waals surface area (Å²) in [5.74, 6) is -0.850. The minimum atomic E-state index is -1.56. The summed E-state index contributed by atoms with van der Waals surface area (Å²) in [6, 6.07) is 0. The molecule has 1 heterocycles. The second-order valence-corrected chi connectivity index (χ2v) is 4.54. The Morgan fingerprint density at radius 2 is 2.25 bits per heavy atom. The first-order chi connectivity index (χ1) is 5.54. The van der Waals surface area contributed by atoms with E-state index in [1.54, 1.807) is 0 Å². The first-order valence-electron chi connectivity index (χ1n) is 3.73. The molecule has 1 aliphatic rings. The smallest absolute Gasteiger partial charge is 0.363 e. The zero-order valence-corrected chi connectivity index (χ0v) is 7.38. The number of carboxylic acid groups (broad SMARTS) is 1. The van der Waals surface area contributed by atoms with E-state index >= 15 is 0 Å². The standard InChI is InChI=1S/C6H11NO4S/c8-6(9)5-7(10)3-1-2-4-12(7)11/h1-5H2,(H,8,9). The fraction of sp³-hybridized carbons (Fsp3) is 0.833. The van der Waals surface area contributed by atoms with Crippen molar-refractivity contribution in [3.05, 3.63) is 5.21 Å². The monoisotopic (exact) mass is 193 g/mol. The van der Waals surface area contributed by atoms with Crippen LogP contribution in [0.3, 0.4) is 0 Å². The molecule has 0 aliphatic carbocycles. The number of nitrogens with zero attached hydrogens (tertiary/aromatic N) is 1. The molecule has 0 spiro atoms. The van der Waals surface area contributed by atoms with Crippen molar-refractivity contribution in [2.75, 3.05) is 18.8 Å². The topological polar surface area (TPSA) is 83.4 Å². The van der Waals surface area contributed by atoms with Crippen LogP contribution in [0.1, 0.15) is 12.8 Å². The second kappa shape index (κ2) is 3.61. The number of hydrogen-bond acceptors (Lipinski definition) is 3. The molecule has 0 radical (unpaired) electrons. The molecule has 0 bridgehead atoms. The van der Waals surface area contributed by atoms with Crippen molar-refractivity contribution in [3.63, 3.8) is 0 Å². The zero-order chi connectivity index (χ0) is 9.19. The number of carbonyl (C=O) groups is 1. The number of aliphatic carboxylic acids is 1. The molecule has 0 aromatic carbocycles. The number of carboxylic acids is 1. The van der Waals surface area contributed by atoms with Gasteiger partial charge < -0.3 is 14.9 Å². The lowest BCUT2D eigenvalue weighted by molar-refractivity contribution is -0.747. The highest BCUT2D eigenvalue weighted by Crippen LogP contribution is 2.21. The first kappa shape index (κ1) is 9.79. The Hall–Kier alpha value is -0.300. The molecule has 0 aromatic rings. The van der Waals surface area contributed by atoms with Gasteiger partial charge in [-0.05, 0) is 0 Å². The van der Waals surface area contributed by atoms with Crippen molar-refractivity contribution in [1.82, 2.24) is 0 Å². The number of rotatable bonds is 2. The van der Waals surface area contributed by atoms with Crippen molar-refractivity contribution in [2.45, 2.75) is 12.8 Å². The molecule has 5 nitrogen and oxygen atoms in total. The third-order valence-corrected chi connectivity index (χ3v) is 3.51. The largest absolute Gasteiger partial charge is 0.586 e. The van der Waals surface area contributed by atoms with Gasteiger partial charge in [0.15, 0.2) is 5.75 Å². The average Bonchev–Trinajstić information content (AvgIpc) is 1.94. The molecule has 6 heteroatoms. The van der Waals surface area contributed by atoms with E-state index in [9.17, 15) is 14.6 Å². The highest BCUT2D eigenvalue weighted by atomic mass is 32.2. The van der Waals surface area contributed by atoms with Gasteiger partial charge in [-0.25, -0.2) is 4.79 Å². The number of hydrogen-bond donors (Lipinski definition) is 1. The summed E-state index contributed by atoms with van der Waals surface area (Å²) in [5, 5.41) is 19.9. The fourth-order valence-electron chi connectivity index (χ4n) is 1.20. The molecule has 1 fully saturated rings. The van der Waals surface area contributed by atoms with Gasteiger partial charge in [0, 0.05) is 12.8 Å². The lowest BCUT2D eigenvalue weighted by Gasteiger charge is -2.41. The van der Waals surface area contributed by atoms with Crippen LogP contribution in [0.2, 0.25) is 0 Å². The summed E-state index contributed by atoms with van der Waals surface area (Å²) in [7, 11) is 0. The predicted molar refractivity (Wildman–Crippen MR) is 43.2 cm³/mol. The Bertz CT molecular complexity index is 188. The van der Waals surface area contributed by atoms with E-state index in [2.05, 4.69) is 0 Å². The van der Waals surface area contributed by atoms with Gasteiger partial charge in [-0.1, -0.05) is 0 Å². The zero-order valence-electron chi connectivity index (χ0n) is 6.56. The van der Waals surface area contributed by atoms with Crippen molar-refractivity contribution >= 4 is 17.3 Å². The maximum absolute atomic E-state index is 11.5. The van der Waals surface area contributed by atoms with Gasteiger partial charge in [-0.3, -0.25) is 0 Å². The van der Waals surface area contributed by atoms with Crippen molar-refractivity contribution in [2.24, 2.45) is 0 Å². The molecular weight excluding hydrogens is 182 g/mol. The normalized spacial score (nSPS) is 36.3. The van der Waals surface area contributed by atoms with E-state index in [0.717, 1.165) is 6.42 Å². The molecule has 0 saturated carbocycles. The number of hydroxylamine groups is 2. The van der Waals surface area contributed by atoms with Crippen LogP contribution >= 0.6 is 0 Å². The second-order valence-electron chi connectivity index (χ2n) is 2.82. The molecule has 70 valence electrons. The van der Waals surface area contributed by atoms with Crippen LogP contribution in [0.5, 0.6) is 0 Å². The third kappa shape index (κ3) is 2.10. The summed E-state index contributed by atoms with van der Waals surface area (Å²) in [5.41, 5.74) is 0. The maximum atomic E-state index is 11.5. The van der Waals surface area contributed by atoms with Crippen LogP contribution < -0.4 is 0 Å². The summed E-state index contributed by atoms with van der Waals surface area (Å²) in [6.07, 6.45) is 1.43. The van der Waals surface area contributed by atoms with Gasteiger partial charge in [0.2, 0.25) is 6.54 Å². The van der Waals surface area contributed by atoms with Crippen molar-refractivity contribution < 1.29 is 18.5 Å². The summed E-state index contributed by atoms with van der Waals surface area (Å²) < 4.78 is 10.1. The van der Waals surface area contributed by atoms with Gasteiger partial charge in [-0.2, -0.15) is 4.05 Å². The van der Waals surface area contributed by atoms with Crippen LogP contribution in [0.4, 0.5) is 0 Å². The van der Waals surface area contributed by atoms with Crippen LogP contribution in [0.25, 0.3) is 0 Å². The van der Waals surface area contributed by atoms with Crippen LogP contribution in [0.15, 0.2) is 0 Å². The van der Waals surface area contributed by atoms with Gasteiger partial charge in [0.05, 0.1) is 0 Å². The van der Waals surface area contributed by atoms with E-state index in [0.29, 0.717) is 12.2 Å². The SMILES string of the molecule is O=C(O)C[N+]1([O-])CCCC[S+]1[O-]. The van der Waals surface area contributed by atoms with E-state index in [4.69, 9.17) is 5.11 Å². The summed E-state index contributed by atoms with van der Waals surface area (Å²) >= 11 is -1.56. The maximum Gasteiger partial charge on any atom is 0.363 e. The highest BCUT2D eigenvalue weighted by Gasteiger charge is 2.37. The van der Waals surface area contributed by atoms with Crippen LogP contribution in [-0.2, 0) is 16.2 Å². The minimum absolute atomic E-state index is 0.166. The Balaban J connectivity index is 2.59. The quantitative estimate of drug-likeness (QED) is 0.375. The van der Waals surface area contributed by atoms with Crippen LogP contribution in [-0.4, -0.2) is 38.5 Å². The van der Waals surface area contributed by atoms with Gasteiger partial charge in [0.25, 0.3) is 0 Å². The molecule has 12 heavy (non-hydrogen) atoms. The first-order valence-corrected chi connectivity index (χ1v) is 5.01. The average molecular weight is 193 g/mol. The van der Waals surface area contributed by atoms with E-state index in [-0.39, 0.29) is 6.54 Å². The predicted octanol–water partition coefficient (Wildman–Crippen LogP) is -0.157. The molecular formula is C6H11NO4S. The third-order valence-electron chi connectivity index (χ3n) is 1.82. The van der Waals surface area contributed by atoms with Gasteiger partial charge >= 0.3 is 5.97 Å². The summed E-state index contributed by atoms with van der Waals surface area (Å²) in [6.45, 7) is -0.411. The van der Waals surface area contributed by atoms with Crippen LogP contribution in [0, 0.1) is 5.21 Å². The Kier molecular flexibility index (Phi) is 2.94. The van der Waals surface area contributed by atoms with Gasteiger partial charge in [0.1, 0.15) is 17.9 Å². The molecule has 0 aromatic heterocycles. The molecule has 1 aliphatic heterocycles. The molecule has 1 N–H and O–H groups in total. The molecule has 1 saturated heterocycles. The van der Waals surface area contributed by atoms with E-state index in [1.165, 1.54) is 0 Å². The van der Waals surface area contributed by atoms with Crippen molar-refractivity contribution in [1.29, 1.82) is 0 Å².